The van der Waals surface area contributed by atoms with Crippen LogP contribution in [0.3, 0.4) is 0 Å². The standard InChI is InChI=1S/C20H26N4O4S2/c25-20(15-4-1-2-5-15)23-8-10-24(11-9-23)30(26,27)17-12-16(13-29-17)18-21-19(28-22-18)14-6-3-7-14/h12-15H,1-11H2. The molecule has 2 aromatic rings. The Morgan fingerprint density at radius 3 is 2.47 bits per heavy atom. The fourth-order valence-corrected chi connectivity index (χ4v) is 7.18. The molecular weight excluding hydrogens is 424 g/mol. The van der Waals surface area contributed by atoms with Gasteiger partial charge in [-0.2, -0.15) is 9.29 Å². The van der Waals surface area contributed by atoms with Gasteiger partial charge in [-0.3, -0.25) is 4.79 Å². The number of carbonyl (C=O) groups excluding carboxylic acids is 1. The van der Waals surface area contributed by atoms with Crippen LogP contribution in [0.15, 0.2) is 20.2 Å². The first kappa shape index (κ1) is 20.1. The van der Waals surface area contributed by atoms with Gasteiger partial charge in [0.05, 0.1) is 0 Å². The van der Waals surface area contributed by atoms with Crippen molar-refractivity contribution < 1.29 is 17.7 Å². The Hall–Kier alpha value is -1.78. The molecule has 30 heavy (non-hydrogen) atoms. The van der Waals surface area contributed by atoms with Crippen LogP contribution in [0.4, 0.5) is 0 Å². The molecule has 2 aromatic heterocycles. The highest BCUT2D eigenvalue weighted by molar-refractivity contribution is 7.91. The molecule has 8 nitrogen and oxygen atoms in total. The van der Waals surface area contributed by atoms with E-state index in [1.807, 2.05) is 4.90 Å². The summed E-state index contributed by atoms with van der Waals surface area (Å²) in [5.74, 6) is 1.77. The second kappa shape index (κ2) is 8.05. The molecule has 0 unspecified atom stereocenters. The lowest BCUT2D eigenvalue weighted by Crippen LogP contribution is -2.51. The molecule has 3 heterocycles. The summed E-state index contributed by atoms with van der Waals surface area (Å²) in [6, 6.07) is 1.63. The predicted octanol–water partition coefficient (Wildman–Crippen LogP) is 3.09. The number of amides is 1. The van der Waals surface area contributed by atoms with E-state index in [9.17, 15) is 13.2 Å². The van der Waals surface area contributed by atoms with Crippen LogP contribution in [0.2, 0.25) is 0 Å². The van der Waals surface area contributed by atoms with E-state index < -0.39 is 10.0 Å². The van der Waals surface area contributed by atoms with Gasteiger partial charge in [-0.05, 0) is 31.7 Å². The molecule has 0 bridgehead atoms. The van der Waals surface area contributed by atoms with Crippen LogP contribution in [0.5, 0.6) is 0 Å². The van der Waals surface area contributed by atoms with E-state index in [0.29, 0.717) is 49.4 Å². The van der Waals surface area contributed by atoms with Gasteiger partial charge < -0.3 is 9.42 Å². The van der Waals surface area contributed by atoms with Gasteiger partial charge >= 0.3 is 0 Å². The molecule has 2 saturated carbocycles. The molecule has 5 rings (SSSR count). The second-order valence-electron chi connectivity index (χ2n) is 8.45. The van der Waals surface area contributed by atoms with Gasteiger partial charge in [-0.25, -0.2) is 8.42 Å². The quantitative estimate of drug-likeness (QED) is 0.694. The molecule has 0 N–H and O–H groups in total. The smallest absolute Gasteiger partial charge is 0.252 e. The molecule has 0 aromatic carbocycles. The molecule has 3 aliphatic rings. The lowest BCUT2D eigenvalue weighted by atomic mass is 9.85. The second-order valence-corrected chi connectivity index (χ2v) is 11.5. The van der Waals surface area contributed by atoms with Gasteiger partial charge in [-0.1, -0.05) is 24.4 Å². The summed E-state index contributed by atoms with van der Waals surface area (Å²) in [6.45, 7) is 1.59. The summed E-state index contributed by atoms with van der Waals surface area (Å²) in [5.41, 5.74) is 0.669. The van der Waals surface area contributed by atoms with E-state index in [-0.39, 0.29) is 16.0 Å². The maximum absolute atomic E-state index is 13.1. The fourth-order valence-electron chi connectivity index (χ4n) is 4.45. The third-order valence-corrected chi connectivity index (χ3v) is 9.89. The van der Waals surface area contributed by atoms with Crippen molar-refractivity contribution in [1.82, 2.24) is 19.3 Å². The number of hydrogen-bond donors (Lipinski definition) is 0. The fraction of sp³-hybridized carbons (Fsp3) is 0.650. The molecule has 3 fully saturated rings. The Bertz CT molecular complexity index is 1010. The molecule has 10 heteroatoms. The Morgan fingerprint density at radius 2 is 1.80 bits per heavy atom. The molecule has 1 amide bonds. The van der Waals surface area contributed by atoms with Crippen LogP contribution in [-0.2, 0) is 14.8 Å². The van der Waals surface area contributed by atoms with E-state index in [2.05, 4.69) is 10.1 Å². The summed E-state index contributed by atoms with van der Waals surface area (Å²) in [6.07, 6.45) is 7.49. The predicted molar refractivity (Wildman–Crippen MR) is 111 cm³/mol. The van der Waals surface area contributed by atoms with Crippen molar-refractivity contribution in [2.24, 2.45) is 5.92 Å². The summed E-state index contributed by atoms with van der Waals surface area (Å²) in [5, 5.41) is 5.80. The minimum atomic E-state index is -3.59. The zero-order valence-corrected chi connectivity index (χ0v) is 18.5. The van der Waals surface area contributed by atoms with E-state index in [4.69, 9.17) is 4.52 Å². The van der Waals surface area contributed by atoms with E-state index >= 15 is 0 Å². The molecule has 0 radical (unpaired) electrons. The number of carbonyl (C=O) groups is 1. The van der Waals surface area contributed by atoms with Gasteiger partial charge in [-0.15, -0.1) is 11.3 Å². The van der Waals surface area contributed by atoms with Crippen molar-refractivity contribution >= 4 is 27.3 Å². The Morgan fingerprint density at radius 1 is 1.07 bits per heavy atom. The number of nitrogens with zero attached hydrogens (tertiary/aromatic N) is 4. The number of aromatic nitrogens is 2. The first-order valence-electron chi connectivity index (χ1n) is 10.7. The number of piperazine rings is 1. The van der Waals surface area contributed by atoms with Gasteiger partial charge in [0, 0.05) is 49.0 Å². The van der Waals surface area contributed by atoms with Gasteiger partial charge in [0.2, 0.25) is 17.6 Å². The van der Waals surface area contributed by atoms with Crippen LogP contribution in [0.25, 0.3) is 11.4 Å². The zero-order chi connectivity index (χ0) is 20.7. The van der Waals surface area contributed by atoms with Gasteiger partial charge in [0.15, 0.2) is 0 Å². The minimum absolute atomic E-state index is 0.132. The van der Waals surface area contributed by atoms with E-state index in [1.54, 1.807) is 11.4 Å². The van der Waals surface area contributed by atoms with E-state index in [1.165, 1.54) is 22.1 Å². The molecule has 1 aliphatic heterocycles. The molecule has 1 saturated heterocycles. The van der Waals surface area contributed by atoms with Crippen LogP contribution in [0.1, 0.15) is 56.8 Å². The summed E-state index contributed by atoms with van der Waals surface area (Å²) in [4.78, 5) is 18.9. The summed E-state index contributed by atoms with van der Waals surface area (Å²) >= 11 is 1.18. The van der Waals surface area contributed by atoms with Gasteiger partial charge in [0.1, 0.15) is 4.21 Å². The minimum Gasteiger partial charge on any atom is -0.340 e. The van der Waals surface area contributed by atoms with Crippen molar-refractivity contribution in [3.05, 3.63) is 17.3 Å². The number of hydrogen-bond acceptors (Lipinski definition) is 7. The first-order chi connectivity index (χ1) is 14.5. The van der Waals surface area contributed by atoms with Crippen molar-refractivity contribution in [1.29, 1.82) is 0 Å². The van der Waals surface area contributed by atoms with Crippen molar-refractivity contribution in [3.63, 3.8) is 0 Å². The number of rotatable bonds is 5. The first-order valence-corrected chi connectivity index (χ1v) is 13.1. The molecule has 162 valence electrons. The monoisotopic (exact) mass is 450 g/mol. The normalized spacial score (nSPS) is 21.8. The lowest BCUT2D eigenvalue weighted by molar-refractivity contribution is -0.136. The summed E-state index contributed by atoms with van der Waals surface area (Å²) in [7, 11) is -3.59. The van der Waals surface area contributed by atoms with E-state index in [0.717, 1.165) is 38.5 Å². The summed E-state index contributed by atoms with van der Waals surface area (Å²) < 4.78 is 33.3. The van der Waals surface area contributed by atoms with Crippen LogP contribution >= 0.6 is 11.3 Å². The highest BCUT2D eigenvalue weighted by Gasteiger charge is 2.34. The molecule has 0 spiro atoms. The molecule has 0 atom stereocenters. The van der Waals surface area contributed by atoms with Crippen LogP contribution < -0.4 is 0 Å². The Labute approximate surface area is 180 Å². The van der Waals surface area contributed by atoms with Crippen molar-refractivity contribution in [2.45, 2.75) is 55.1 Å². The Balaban J connectivity index is 1.24. The maximum Gasteiger partial charge on any atom is 0.252 e. The molecule has 2 aliphatic carbocycles. The highest BCUT2D eigenvalue weighted by atomic mass is 32.2. The third-order valence-electron chi connectivity index (χ3n) is 6.58. The average Bonchev–Trinajstić information content (AvgIpc) is 3.47. The van der Waals surface area contributed by atoms with Crippen molar-refractivity contribution in [2.75, 3.05) is 26.2 Å². The molecular formula is C20H26N4O4S2. The van der Waals surface area contributed by atoms with Crippen LogP contribution in [-0.4, -0.2) is 59.8 Å². The third kappa shape index (κ3) is 3.69. The zero-order valence-electron chi connectivity index (χ0n) is 16.8. The maximum atomic E-state index is 13.1. The average molecular weight is 451 g/mol. The number of thiophene rings is 1. The topological polar surface area (TPSA) is 96.6 Å². The SMILES string of the molecule is O=C(C1CCCC1)N1CCN(S(=O)(=O)c2cc(-c3noc(C4CCC4)n3)cs2)CC1. The highest BCUT2D eigenvalue weighted by Crippen LogP contribution is 2.37. The van der Waals surface area contributed by atoms with Crippen molar-refractivity contribution in [3.8, 4) is 11.4 Å². The lowest BCUT2D eigenvalue weighted by Gasteiger charge is -2.35. The Kier molecular flexibility index (Phi) is 5.40. The van der Waals surface area contributed by atoms with Crippen LogP contribution in [0, 0.1) is 5.92 Å². The van der Waals surface area contributed by atoms with Gasteiger partial charge in [0.25, 0.3) is 10.0 Å². The number of sulfonamides is 1. The largest absolute Gasteiger partial charge is 0.340 e.